The number of aromatic amines is 1. The van der Waals surface area contributed by atoms with E-state index in [1.54, 1.807) is 0 Å². The molecule has 0 fully saturated rings. The summed E-state index contributed by atoms with van der Waals surface area (Å²) >= 11 is 5.65. The lowest BCUT2D eigenvalue weighted by Crippen LogP contribution is -3.05. The van der Waals surface area contributed by atoms with Gasteiger partial charge in [-0.1, -0.05) is 19.9 Å². The van der Waals surface area contributed by atoms with Crippen molar-refractivity contribution in [1.29, 1.82) is 0 Å². The van der Waals surface area contributed by atoms with Crippen molar-refractivity contribution < 1.29 is 4.90 Å². The number of nitrogens with one attached hydrogen (secondary N) is 3. The summed E-state index contributed by atoms with van der Waals surface area (Å²) < 4.78 is 0. The van der Waals surface area contributed by atoms with Crippen molar-refractivity contribution in [2.75, 3.05) is 33.7 Å². The number of pyridine rings is 1. The van der Waals surface area contributed by atoms with Crippen LogP contribution >= 0.6 is 12.2 Å². The van der Waals surface area contributed by atoms with E-state index in [0.717, 1.165) is 53.2 Å². The molecule has 154 valence electrons. The van der Waals surface area contributed by atoms with Crippen LogP contribution in [0.4, 0.5) is 0 Å². The molecule has 0 aliphatic carbocycles. The first kappa shape index (κ1) is 22.4. The van der Waals surface area contributed by atoms with E-state index in [1.165, 1.54) is 10.5 Å². The second kappa shape index (κ2) is 10.0. The van der Waals surface area contributed by atoms with E-state index in [-0.39, 0.29) is 5.56 Å². The number of fused-ring (bicyclic) bond motifs is 1. The van der Waals surface area contributed by atoms with Gasteiger partial charge in [0.25, 0.3) is 5.56 Å². The molecule has 5 nitrogen and oxygen atoms in total. The van der Waals surface area contributed by atoms with Gasteiger partial charge >= 0.3 is 0 Å². The van der Waals surface area contributed by atoms with Gasteiger partial charge in [-0.2, -0.15) is 0 Å². The monoisotopic (exact) mass is 403 g/mol. The second-order valence-corrected chi connectivity index (χ2v) is 8.87. The number of aromatic nitrogens is 1. The maximum atomic E-state index is 12.7. The first-order valence-electron chi connectivity index (χ1n) is 10.1. The Hall–Kier alpha value is -1.92. The number of H-pyrrole nitrogens is 1. The lowest BCUT2D eigenvalue weighted by atomic mass is 10.0. The number of thiocarbonyl (C=S) groups is 1. The van der Waals surface area contributed by atoms with Crippen LogP contribution in [-0.2, 0) is 6.54 Å². The highest BCUT2D eigenvalue weighted by Gasteiger charge is 2.14. The largest absolute Gasteiger partial charge is 0.362 e. The Labute approximate surface area is 174 Å². The van der Waals surface area contributed by atoms with Crippen molar-refractivity contribution in [3.05, 3.63) is 45.2 Å². The van der Waals surface area contributed by atoms with Crippen LogP contribution in [0.1, 0.15) is 37.0 Å². The molecule has 0 atom stereocenters. The van der Waals surface area contributed by atoms with Crippen LogP contribution in [0.2, 0.25) is 0 Å². The molecule has 0 aliphatic rings. The van der Waals surface area contributed by atoms with Crippen molar-refractivity contribution in [2.24, 2.45) is 5.92 Å². The molecule has 3 N–H and O–H groups in total. The summed E-state index contributed by atoms with van der Waals surface area (Å²) in [6.07, 6.45) is 1.02. The third-order valence-corrected chi connectivity index (χ3v) is 5.21. The van der Waals surface area contributed by atoms with Gasteiger partial charge in [0.2, 0.25) is 0 Å². The van der Waals surface area contributed by atoms with Gasteiger partial charge in [-0.05, 0) is 55.2 Å². The summed E-state index contributed by atoms with van der Waals surface area (Å²) in [4.78, 5) is 19.3. The minimum Gasteiger partial charge on any atom is -0.362 e. The van der Waals surface area contributed by atoms with E-state index in [2.05, 4.69) is 56.1 Å². The third-order valence-electron chi connectivity index (χ3n) is 4.80. The van der Waals surface area contributed by atoms with Crippen LogP contribution in [0.25, 0.3) is 10.9 Å². The number of aryl methyl sites for hydroxylation is 2. The molecular formula is C22H35N4OS+. The van der Waals surface area contributed by atoms with Gasteiger partial charge in [0, 0.05) is 36.0 Å². The van der Waals surface area contributed by atoms with Crippen molar-refractivity contribution in [2.45, 2.75) is 40.7 Å². The molecule has 28 heavy (non-hydrogen) atoms. The van der Waals surface area contributed by atoms with Crippen LogP contribution < -0.4 is 15.8 Å². The Morgan fingerprint density at radius 1 is 1.25 bits per heavy atom. The molecule has 0 unspecified atom stereocenters. The SMILES string of the molecule is Cc1cc(C)c2cc(CN(CCC[NH+](C)C)C(=S)NCC(C)C)c(=O)[nH]c2c1. The minimum absolute atomic E-state index is 0.0348. The quantitative estimate of drug-likeness (QED) is 0.590. The van der Waals surface area contributed by atoms with Crippen LogP contribution in [0.5, 0.6) is 0 Å². The van der Waals surface area contributed by atoms with Gasteiger partial charge in [-0.15, -0.1) is 0 Å². The predicted molar refractivity (Wildman–Crippen MR) is 122 cm³/mol. The highest BCUT2D eigenvalue weighted by atomic mass is 32.1. The summed E-state index contributed by atoms with van der Waals surface area (Å²) in [5, 5.41) is 5.18. The first-order valence-corrected chi connectivity index (χ1v) is 10.5. The zero-order chi connectivity index (χ0) is 20.8. The average Bonchev–Trinajstić information content (AvgIpc) is 2.59. The smallest absolute Gasteiger partial charge is 0.253 e. The zero-order valence-corrected chi connectivity index (χ0v) is 18.9. The van der Waals surface area contributed by atoms with Crippen molar-refractivity contribution in [3.8, 4) is 0 Å². The first-order chi connectivity index (χ1) is 13.2. The molecule has 0 aliphatic heterocycles. The molecule has 0 saturated carbocycles. The molecular weight excluding hydrogens is 368 g/mol. The van der Waals surface area contributed by atoms with Gasteiger partial charge in [0.1, 0.15) is 0 Å². The molecule has 1 heterocycles. The lowest BCUT2D eigenvalue weighted by Gasteiger charge is -2.26. The Kier molecular flexibility index (Phi) is 8.01. The molecule has 0 spiro atoms. The topological polar surface area (TPSA) is 52.6 Å². The zero-order valence-electron chi connectivity index (χ0n) is 18.1. The predicted octanol–water partition coefficient (Wildman–Crippen LogP) is 2.01. The molecule has 6 heteroatoms. The Morgan fingerprint density at radius 2 is 1.96 bits per heavy atom. The second-order valence-electron chi connectivity index (χ2n) is 8.48. The number of nitrogens with zero attached hydrogens (tertiary/aromatic N) is 1. The molecule has 1 aromatic carbocycles. The molecule has 0 saturated heterocycles. The molecule has 2 aromatic rings. The van der Waals surface area contributed by atoms with Crippen molar-refractivity contribution in [1.82, 2.24) is 15.2 Å². The van der Waals surface area contributed by atoms with Gasteiger partial charge in [-0.3, -0.25) is 4.79 Å². The van der Waals surface area contributed by atoms with E-state index < -0.39 is 0 Å². The van der Waals surface area contributed by atoms with E-state index in [1.807, 2.05) is 19.1 Å². The highest BCUT2D eigenvalue weighted by Crippen LogP contribution is 2.19. The Balaban J connectivity index is 2.27. The number of rotatable bonds is 8. The van der Waals surface area contributed by atoms with E-state index >= 15 is 0 Å². The van der Waals surface area contributed by atoms with Gasteiger partial charge in [0.05, 0.1) is 27.2 Å². The molecule has 0 radical (unpaired) electrons. The van der Waals surface area contributed by atoms with Gasteiger partial charge < -0.3 is 20.1 Å². The van der Waals surface area contributed by atoms with Gasteiger partial charge in [0.15, 0.2) is 5.11 Å². The van der Waals surface area contributed by atoms with Crippen LogP contribution in [0, 0.1) is 19.8 Å². The Morgan fingerprint density at radius 3 is 2.61 bits per heavy atom. The van der Waals surface area contributed by atoms with Gasteiger partial charge in [-0.25, -0.2) is 0 Å². The lowest BCUT2D eigenvalue weighted by molar-refractivity contribution is -0.858. The van der Waals surface area contributed by atoms with Crippen LogP contribution in [0.3, 0.4) is 0 Å². The highest BCUT2D eigenvalue weighted by molar-refractivity contribution is 7.80. The summed E-state index contributed by atoms with van der Waals surface area (Å²) in [7, 11) is 4.30. The normalized spacial score (nSPS) is 11.4. The maximum absolute atomic E-state index is 12.7. The summed E-state index contributed by atoms with van der Waals surface area (Å²) in [6.45, 7) is 11.7. The fourth-order valence-corrected chi connectivity index (χ4v) is 3.56. The van der Waals surface area contributed by atoms with E-state index in [0.29, 0.717) is 12.5 Å². The molecule has 2 rings (SSSR count). The maximum Gasteiger partial charge on any atom is 0.253 e. The fraction of sp³-hybridized carbons (Fsp3) is 0.545. The molecule has 1 aromatic heterocycles. The molecule has 0 amide bonds. The third kappa shape index (κ3) is 6.31. The number of hydrogen-bond donors (Lipinski definition) is 3. The number of hydrogen-bond acceptors (Lipinski definition) is 2. The van der Waals surface area contributed by atoms with Crippen molar-refractivity contribution >= 4 is 28.2 Å². The van der Waals surface area contributed by atoms with Crippen molar-refractivity contribution in [3.63, 3.8) is 0 Å². The van der Waals surface area contributed by atoms with E-state index in [4.69, 9.17) is 12.2 Å². The van der Waals surface area contributed by atoms with E-state index in [9.17, 15) is 4.79 Å². The van der Waals surface area contributed by atoms with Crippen LogP contribution in [-0.4, -0.2) is 48.7 Å². The average molecular weight is 404 g/mol. The number of benzene rings is 1. The van der Waals surface area contributed by atoms with Crippen LogP contribution in [0.15, 0.2) is 23.0 Å². The summed E-state index contributed by atoms with van der Waals surface area (Å²) in [6, 6.07) is 6.20. The standard InChI is InChI=1S/C22H34N4OS/c1-15(2)13-23-22(28)26(9-7-8-25(5)6)14-18-12-19-17(4)10-16(3)11-20(19)24-21(18)27/h10-12,15H,7-9,13-14H2,1-6H3,(H,23,28)(H,24,27)/p+1. The molecule has 0 bridgehead atoms. The number of quaternary nitrogens is 1. The summed E-state index contributed by atoms with van der Waals surface area (Å²) in [5.74, 6) is 0.515. The fourth-order valence-electron chi connectivity index (χ4n) is 3.32. The summed E-state index contributed by atoms with van der Waals surface area (Å²) in [5.41, 5.74) is 3.95. The minimum atomic E-state index is -0.0348. The Bertz CT molecular complexity index is 873.